The van der Waals surface area contributed by atoms with Crippen LogP contribution in [0.3, 0.4) is 0 Å². The van der Waals surface area contributed by atoms with Crippen LogP contribution < -0.4 is 10.1 Å². The van der Waals surface area contributed by atoms with Gasteiger partial charge in [0.2, 0.25) is 0 Å². The minimum atomic E-state index is 0.301. The highest BCUT2D eigenvalue weighted by Crippen LogP contribution is 2.27. The number of hydrogen-bond acceptors (Lipinski definition) is 2. The fourth-order valence-corrected chi connectivity index (χ4v) is 1.86. The van der Waals surface area contributed by atoms with Gasteiger partial charge < -0.3 is 10.1 Å². The molecular formula is C15H25NO. The van der Waals surface area contributed by atoms with E-state index in [-0.39, 0.29) is 0 Å². The highest BCUT2D eigenvalue weighted by Gasteiger charge is 2.17. The van der Waals surface area contributed by atoms with Crippen LogP contribution in [0.4, 0.5) is 0 Å². The van der Waals surface area contributed by atoms with Crippen molar-refractivity contribution in [3.05, 3.63) is 29.8 Å². The summed E-state index contributed by atoms with van der Waals surface area (Å²) in [5.41, 5.74) is 1.55. The second-order valence-corrected chi connectivity index (χ2v) is 5.64. The van der Waals surface area contributed by atoms with Gasteiger partial charge in [0.1, 0.15) is 5.75 Å². The van der Waals surface area contributed by atoms with Gasteiger partial charge in [0.15, 0.2) is 0 Å². The topological polar surface area (TPSA) is 21.3 Å². The Kier molecular flexibility index (Phi) is 5.01. The fraction of sp³-hybridized carbons (Fsp3) is 0.600. The van der Waals surface area contributed by atoms with Crippen LogP contribution in [0.15, 0.2) is 24.3 Å². The van der Waals surface area contributed by atoms with E-state index in [0.717, 1.165) is 18.7 Å². The highest BCUT2D eigenvalue weighted by atomic mass is 16.5. The monoisotopic (exact) mass is 235 g/mol. The van der Waals surface area contributed by atoms with Crippen LogP contribution >= 0.6 is 0 Å². The van der Waals surface area contributed by atoms with Gasteiger partial charge >= 0.3 is 0 Å². The lowest BCUT2D eigenvalue weighted by atomic mass is 9.95. The van der Waals surface area contributed by atoms with E-state index in [0.29, 0.717) is 11.5 Å². The smallest absolute Gasteiger partial charge is 0.123 e. The second-order valence-electron chi connectivity index (χ2n) is 5.64. The summed E-state index contributed by atoms with van der Waals surface area (Å²) in [5, 5.41) is 3.62. The first kappa shape index (κ1) is 14.0. The van der Waals surface area contributed by atoms with E-state index in [9.17, 15) is 0 Å². The van der Waals surface area contributed by atoms with Crippen LogP contribution in [0, 0.1) is 5.41 Å². The molecule has 2 heteroatoms. The summed E-state index contributed by atoms with van der Waals surface area (Å²) in [5.74, 6) is 0.973. The first-order valence-electron chi connectivity index (χ1n) is 6.34. The molecule has 0 aliphatic rings. The Morgan fingerprint density at radius 1 is 1.24 bits per heavy atom. The van der Waals surface area contributed by atoms with Crippen molar-refractivity contribution in [3.8, 4) is 5.75 Å². The van der Waals surface area contributed by atoms with Crippen LogP contribution in [0.25, 0.3) is 0 Å². The van der Waals surface area contributed by atoms with Gasteiger partial charge in [0.05, 0.1) is 7.11 Å². The molecule has 0 fully saturated rings. The maximum Gasteiger partial charge on any atom is 0.123 e. The van der Waals surface area contributed by atoms with Crippen LogP contribution in [0.1, 0.15) is 45.7 Å². The van der Waals surface area contributed by atoms with Crippen molar-refractivity contribution in [1.29, 1.82) is 0 Å². The van der Waals surface area contributed by atoms with Crippen molar-refractivity contribution in [2.24, 2.45) is 5.41 Å². The summed E-state index contributed by atoms with van der Waals surface area (Å²) >= 11 is 0. The van der Waals surface area contributed by atoms with E-state index in [1.54, 1.807) is 7.11 Å². The molecule has 0 bridgehead atoms. The summed E-state index contributed by atoms with van der Waals surface area (Å²) in [6, 6.07) is 8.61. The summed E-state index contributed by atoms with van der Waals surface area (Å²) < 4.78 is 5.42. The SMILES string of the molecule is CCC(NCC(C)(C)C)c1ccccc1OC. The quantitative estimate of drug-likeness (QED) is 0.838. The maximum absolute atomic E-state index is 5.42. The van der Waals surface area contributed by atoms with Gasteiger partial charge in [0, 0.05) is 18.2 Å². The Labute approximate surface area is 105 Å². The Bertz CT molecular complexity index is 341. The number of para-hydroxylation sites is 1. The summed E-state index contributed by atoms with van der Waals surface area (Å²) in [6.07, 6.45) is 1.07. The van der Waals surface area contributed by atoms with Crippen LogP contribution in [0.2, 0.25) is 0 Å². The molecule has 0 heterocycles. The molecule has 0 amide bonds. The minimum absolute atomic E-state index is 0.301. The highest BCUT2D eigenvalue weighted by molar-refractivity contribution is 5.35. The number of methoxy groups -OCH3 is 1. The standard InChI is InChI=1S/C15H25NO/c1-6-13(16-11-15(2,3)4)12-9-7-8-10-14(12)17-5/h7-10,13,16H,6,11H2,1-5H3. The summed E-state index contributed by atoms with van der Waals surface area (Å²) in [4.78, 5) is 0. The van der Waals surface area contributed by atoms with Gasteiger partial charge in [-0.1, -0.05) is 45.9 Å². The second kappa shape index (κ2) is 6.06. The van der Waals surface area contributed by atoms with Crippen molar-refractivity contribution >= 4 is 0 Å². The van der Waals surface area contributed by atoms with E-state index in [4.69, 9.17) is 4.74 Å². The lowest BCUT2D eigenvalue weighted by Gasteiger charge is -2.25. The Morgan fingerprint density at radius 3 is 2.41 bits per heavy atom. The zero-order valence-electron chi connectivity index (χ0n) is 11.7. The van der Waals surface area contributed by atoms with E-state index < -0.39 is 0 Å². The minimum Gasteiger partial charge on any atom is -0.496 e. The number of rotatable bonds is 5. The molecule has 0 aliphatic carbocycles. The third-order valence-electron chi connectivity index (χ3n) is 2.80. The van der Waals surface area contributed by atoms with Crippen LogP contribution in [0.5, 0.6) is 5.75 Å². The molecule has 17 heavy (non-hydrogen) atoms. The maximum atomic E-state index is 5.42. The number of ether oxygens (including phenoxy) is 1. The molecule has 0 radical (unpaired) electrons. The molecule has 1 unspecified atom stereocenters. The van der Waals surface area contributed by atoms with Gasteiger partial charge in [-0.25, -0.2) is 0 Å². The largest absolute Gasteiger partial charge is 0.496 e. The van der Waals surface area contributed by atoms with Crippen molar-refractivity contribution < 1.29 is 4.74 Å². The molecule has 1 aromatic rings. The molecule has 0 aromatic heterocycles. The Morgan fingerprint density at radius 2 is 1.88 bits per heavy atom. The Balaban J connectivity index is 2.79. The van der Waals surface area contributed by atoms with Gasteiger partial charge in [-0.3, -0.25) is 0 Å². The molecule has 0 saturated heterocycles. The number of benzene rings is 1. The molecule has 0 saturated carbocycles. The van der Waals surface area contributed by atoms with Crippen molar-refractivity contribution in [1.82, 2.24) is 5.32 Å². The van der Waals surface area contributed by atoms with Crippen molar-refractivity contribution in [2.45, 2.75) is 40.2 Å². The fourth-order valence-electron chi connectivity index (χ4n) is 1.86. The molecule has 1 aromatic carbocycles. The zero-order chi connectivity index (χ0) is 12.9. The number of nitrogens with one attached hydrogen (secondary N) is 1. The molecule has 96 valence electrons. The summed E-state index contributed by atoms with van der Waals surface area (Å²) in [7, 11) is 1.73. The van der Waals surface area contributed by atoms with Crippen LogP contribution in [-0.4, -0.2) is 13.7 Å². The number of hydrogen-bond donors (Lipinski definition) is 1. The third kappa shape index (κ3) is 4.39. The zero-order valence-corrected chi connectivity index (χ0v) is 11.7. The average molecular weight is 235 g/mol. The lowest BCUT2D eigenvalue weighted by Crippen LogP contribution is -2.30. The predicted octanol–water partition coefficient (Wildman–Crippen LogP) is 3.78. The van der Waals surface area contributed by atoms with Crippen molar-refractivity contribution in [3.63, 3.8) is 0 Å². The van der Waals surface area contributed by atoms with Gasteiger partial charge in [0.25, 0.3) is 0 Å². The first-order valence-corrected chi connectivity index (χ1v) is 6.34. The molecular weight excluding hydrogens is 210 g/mol. The molecule has 1 N–H and O–H groups in total. The summed E-state index contributed by atoms with van der Waals surface area (Å²) in [6.45, 7) is 9.94. The third-order valence-corrected chi connectivity index (χ3v) is 2.80. The van der Waals surface area contributed by atoms with Gasteiger partial charge in [-0.15, -0.1) is 0 Å². The van der Waals surface area contributed by atoms with Gasteiger partial charge in [-0.05, 0) is 17.9 Å². The Hall–Kier alpha value is -1.02. The van der Waals surface area contributed by atoms with E-state index in [1.165, 1.54) is 5.56 Å². The van der Waals surface area contributed by atoms with E-state index >= 15 is 0 Å². The lowest BCUT2D eigenvalue weighted by molar-refractivity contribution is 0.341. The van der Waals surface area contributed by atoms with Gasteiger partial charge in [-0.2, -0.15) is 0 Å². The van der Waals surface area contributed by atoms with E-state index in [1.807, 2.05) is 12.1 Å². The van der Waals surface area contributed by atoms with Crippen molar-refractivity contribution in [2.75, 3.05) is 13.7 Å². The first-order chi connectivity index (χ1) is 7.98. The molecule has 1 atom stereocenters. The molecule has 0 spiro atoms. The molecule has 2 nitrogen and oxygen atoms in total. The average Bonchev–Trinajstić information content (AvgIpc) is 2.29. The molecule has 0 aliphatic heterocycles. The van der Waals surface area contributed by atoms with Crippen LogP contribution in [-0.2, 0) is 0 Å². The normalized spacial score (nSPS) is 13.5. The predicted molar refractivity (Wildman–Crippen MR) is 73.5 cm³/mol. The molecule has 1 rings (SSSR count). The van der Waals surface area contributed by atoms with E-state index in [2.05, 4.69) is 45.1 Å².